The zero-order valence-electron chi connectivity index (χ0n) is 12.7. The molecule has 1 heterocycles. The van der Waals surface area contributed by atoms with Crippen molar-refractivity contribution in [3.63, 3.8) is 0 Å². The number of nitrogens with two attached hydrogens (primary N) is 1. The van der Waals surface area contributed by atoms with Crippen molar-refractivity contribution in [2.45, 2.75) is 63.5 Å². The van der Waals surface area contributed by atoms with E-state index in [1.165, 1.54) is 17.7 Å². The van der Waals surface area contributed by atoms with Crippen molar-refractivity contribution in [3.05, 3.63) is 17.6 Å². The molecule has 5 nitrogen and oxygen atoms in total. The van der Waals surface area contributed by atoms with Gasteiger partial charge in [0.15, 0.2) is 0 Å². The Bertz CT molecular complexity index is 458. The molecular formula is C16H26N4O. The van der Waals surface area contributed by atoms with Gasteiger partial charge < -0.3 is 15.8 Å². The molecule has 116 valence electrons. The predicted octanol–water partition coefficient (Wildman–Crippen LogP) is 2.05. The number of anilines is 1. The molecule has 0 aromatic carbocycles. The van der Waals surface area contributed by atoms with Crippen LogP contribution in [0, 0.1) is 0 Å². The maximum absolute atomic E-state index is 5.93. The van der Waals surface area contributed by atoms with E-state index >= 15 is 0 Å². The first-order valence-corrected chi connectivity index (χ1v) is 8.26. The summed E-state index contributed by atoms with van der Waals surface area (Å²) < 4.78 is 5.93. The first-order valence-electron chi connectivity index (χ1n) is 8.26. The van der Waals surface area contributed by atoms with Crippen LogP contribution >= 0.6 is 0 Å². The van der Waals surface area contributed by atoms with Crippen LogP contribution in [0.5, 0.6) is 0 Å². The van der Waals surface area contributed by atoms with Crippen LogP contribution in [0.1, 0.15) is 49.8 Å². The van der Waals surface area contributed by atoms with Crippen LogP contribution in [0.3, 0.4) is 0 Å². The lowest BCUT2D eigenvalue weighted by atomic mass is 9.94. The Morgan fingerprint density at radius 2 is 2.05 bits per heavy atom. The zero-order valence-corrected chi connectivity index (χ0v) is 12.7. The lowest BCUT2D eigenvalue weighted by molar-refractivity contribution is 0.0251. The summed E-state index contributed by atoms with van der Waals surface area (Å²) in [7, 11) is 0. The summed E-state index contributed by atoms with van der Waals surface area (Å²) >= 11 is 0. The monoisotopic (exact) mass is 290 g/mol. The maximum Gasteiger partial charge on any atom is 0.132 e. The van der Waals surface area contributed by atoms with E-state index in [0.717, 1.165) is 63.9 Å². The van der Waals surface area contributed by atoms with Gasteiger partial charge in [-0.3, -0.25) is 0 Å². The van der Waals surface area contributed by atoms with Gasteiger partial charge in [0.1, 0.15) is 12.1 Å². The van der Waals surface area contributed by atoms with E-state index < -0.39 is 0 Å². The fraction of sp³-hybridized carbons (Fsp3) is 0.750. The van der Waals surface area contributed by atoms with Crippen molar-refractivity contribution < 1.29 is 4.74 Å². The van der Waals surface area contributed by atoms with E-state index in [1.807, 2.05) is 0 Å². The molecule has 2 aliphatic rings. The SMILES string of the molecule is NC1CCC(OCCCNc2ncnc3c2CCC3)CC1. The fourth-order valence-corrected chi connectivity index (χ4v) is 3.30. The Hall–Kier alpha value is -1.20. The summed E-state index contributed by atoms with van der Waals surface area (Å²) in [6.45, 7) is 1.73. The number of hydrogen-bond acceptors (Lipinski definition) is 5. The molecule has 0 saturated heterocycles. The van der Waals surface area contributed by atoms with Gasteiger partial charge in [-0.25, -0.2) is 9.97 Å². The topological polar surface area (TPSA) is 73.1 Å². The lowest BCUT2D eigenvalue weighted by Crippen LogP contribution is -2.30. The Morgan fingerprint density at radius 3 is 2.90 bits per heavy atom. The highest BCUT2D eigenvalue weighted by atomic mass is 16.5. The first-order chi connectivity index (χ1) is 10.3. The second-order valence-electron chi connectivity index (χ2n) is 6.19. The Morgan fingerprint density at radius 1 is 1.19 bits per heavy atom. The molecule has 21 heavy (non-hydrogen) atoms. The molecule has 3 N–H and O–H groups in total. The highest BCUT2D eigenvalue weighted by molar-refractivity contribution is 5.47. The highest BCUT2D eigenvalue weighted by Crippen LogP contribution is 2.25. The van der Waals surface area contributed by atoms with Crippen LogP contribution in [0.4, 0.5) is 5.82 Å². The van der Waals surface area contributed by atoms with Crippen LogP contribution in [0.2, 0.25) is 0 Å². The van der Waals surface area contributed by atoms with Gasteiger partial charge in [0, 0.05) is 30.5 Å². The van der Waals surface area contributed by atoms with E-state index in [9.17, 15) is 0 Å². The summed E-state index contributed by atoms with van der Waals surface area (Å²) in [5.41, 5.74) is 8.45. The molecule has 1 saturated carbocycles. The third kappa shape index (κ3) is 3.92. The van der Waals surface area contributed by atoms with E-state index in [1.54, 1.807) is 6.33 Å². The lowest BCUT2D eigenvalue weighted by Gasteiger charge is -2.26. The molecule has 0 amide bonds. The van der Waals surface area contributed by atoms with Gasteiger partial charge in [0.25, 0.3) is 0 Å². The maximum atomic E-state index is 5.93. The van der Waals surface area contributed by atoms with Crippen molar-refractivity contribution in [1.29, 1.82) is 0 Å². The number of aromatic nitrogens is 2. The minimum atomic E-state index is 0.395. The molecule has 5 heteroatoms. The summed E-state index contributed by atoms with van der Waals surface area (Å²) in [6.07, 6.45) is 11.0. The quantitative estimate of drug-likeness (QED) is 0.785. The molecule has 0 radical (unpaired) electrons. The van der Waals surface area contributed by atoms with E-state index in [-0.39, 0.29) is 0 Å². The number of aryl methyl sites for hydroxylation is 1. The summed E-state index contributed by atoms with van der Waals surface area (Å²) in [4.78, 5) is 8.71. The number of nitrogens with zero attached hydrogens (tertiary/aromatic N) is 2. The summed E-state index contributed by atoms with van der Waals surface area (Å²) in [6, 6.07) is 0.395. The second-order valence-corrected chi connectivity index (χ2v) is 6.19. The molecule has 1 fully saturated rings. The standard InChI is InChI=1S/C16H26N4O/c17-12-5-7-13(8-6-12)21-10-2-9-18-16-14-3-1-4-15(14)19-11-20-16/h11-13H,1-10,17H2,(H,18,19,20). The smallest absolute Gasteiger partial charge is 0.132 e. The minimum Gasteiger partial charge on any atom is -0.378 e. The third-order valence-electron chi connectivity index (χ3n) is 4.56. The molecule has 2 aliphatic carbocycles. The Balaban J connectivity index is 1.35. The fourth-order valence-electron chi connectivity index (χ4n) is 3.30. The van der Waals surface area contributed by atoms with Gasteiger partial charge in [0.2, 0.25) is 0 Å². The highest BCUT2D eigenvalue weighted by Gasteiger charge is 2.19. The van der Waals surface area contributed by atoms with Crippen LogP contribution < -0.4 is 11.1 Å². The van der Waals surface area contributed by atoms with E-state index in [4.69, 9.17) is 10.5 Å². The zero-order chi connectivity index (χ0) is 14.5. The van der Waals surface area contributed by atoms with Crippen LogP contribution in [0.15, 0.2) is 6.33 Å². The number of ether oxygens (including phenoxy) is 1. The summed E-state index contributed by atoms with van der Waals surface area (Å²) in [5, 5.41) is 3.44. The second kappa shape index (κ2) is 7.18. The van der Waals surface area contributed by atoms with Crippen LogP contribution in [-0.4, -0.2) is 35.3 Å². The average Bonchev–Trinajstić information content (AvgIpc) is 2.98. The molecule has 0 spiro atoms. The molecule has 3 rings (SSSR count). The van der Waals surface area contributed by atoms with Gasteiger partial charge in [-0.1, -0.05) is 0 Å². The van der Waals surface area contributed by atoms with Crippen molar-refractivity contribution in [3.8, 4) is 0 Å². The Labute approximate surface area is 126 Å². The molecule has 0 aliphatic heterocycles. The number of fused-ring (bicyclic) bond motifs is 1. The van der Waals surface area contributed by atoms with Gasteiger partial charge in [-0.2, -0.15) is 0 Å². The molecule has 0 bridgehead atoms. The van der Waals surface area contributed by atoms with Crippen molar-refractivity contribution >= 4 is 5.82 Å². The van der Waals surface area contributed by atoms with Crippen molar-refractivity contribution in [2.24, 2.45) is 5.73 Å². The summed E-state index contributed by atoms with van der Waals surface area (Å²) in [5.74, 6) is 1.03. The molecule has 0 atom stereocenters. The van der Waals surface area contributed by atoms with Gasteiger partial charge in [-0.05, 0) is 51.4 Å². The number of hydrogen-bond donors (Lipinski definition) is 2. The molecule has 1 aromatic heterocycles. The van der Waals surface area contributed by atoms with Crippen LogP contribution in [0.25, 0.3) is 0 Å². The van der Waals surface area contributed by atoms with Gasteiger partial charge >= 0.3 is 0 Å². The normalized spacial score (nSPS) is 24.8. The van der Waals surface area contributed by atoms with Crippen molar-refractivity contribution in [2.75, 3.05) is 18.5 Å². The Kier molecular flexibility index (Phi) is 5.04. The van der Waals surface area contributed by atoms with Crippen LogP contribution in [-0.2, 0) is 17.6 Å². The molecular weight excluding hydrogens is 264 g/mol. The van der Waals surface area contributed by atoms with Gasteiger partial charge in [0.05, 0.1) is 6.10 Å². The molecule has 0 unspecified atom stereocenters. The third-order valence-corrected chi connectivity index (χ3v) is 4.56. The largest absolute Gasteiger partial charge is 0.378 e. The van der Waals surface area contributed by atoms with Crippen molar-refractivity contribution in [1.82, 2.24) is 9.97 Å². The number of nitrogens with one attached hydrogen (secondary N) is 1. The van der Waals surface area contributed by atoms with Gasteiger partial charge in [-0.15, -0.1) is 0 Å². The first kappa shape index (κ1) is 14.7. The average molecular weight is 290 g/mol. The minimum absolute atomic E-state index is 0.395. The molecule has 1 aromatic rings. The van der Waals surface area contributed by atoms with E-state index in [0.29, 0.717) is 12.1 Å². The van der Waals surface area contributed by atoms with E-state index in [2.05, 4.69) is 15.3 Å². The predicted molar refractivity (Wildman–Crippen MR) is 83.3 cm³/mol. The number of rotatable bonds is 6.